The molecule has 2 rings (SSSR count). The topological polar surface area (TPSA) is 37.8 Å². The van der Waals surface area contributed by atoms with Gasteiger partial charge in [0.05, 0.1) is 0 Å². The lowest BCUT2D eigenvalue weighted by Gasteiger charge is -2.45. The third-order valence-electron chi connectivity index (χ3n) is 3.41. The zero-order valence-corrected chi connectivity index (χ0v) is 12.3. The Morgan fingerprint density at radius 3 is 2.24 bits per heavy atom. The first-order valence-electron chi connectivity index (χ1n) is 6.33. The molecule has 0 spiro atoms. The maximum Gasteiger partial charge on any atom is 0.202 e. The van der Waals surface area contributed by atoms with Crippen LogP contribution in [0.4, 0.5) is 5.13 Å². The van der Waals surface area contributed by atoms with Gasteiger partial charge in [0.2, 0.25) is 5.13 Å². The Morgan fingerprint density at radius 2 is 1.76 bits per heavy atom. The van der Waals surface area contributed by atoms with E-state index in [1.165, 1.54) is 30.8 Å². The van der Waals surface area contributed by atoms with E-state index in [1.807, 2.05) is 6.92 Å². The lowest BCUT2D eigenvalue weighted by molar-refractivity contribution is 0.105. The molecule has 0 aromatic carbocycles. The van der Waals surface area contributed by atoms with Crippen LogP contribution in [0.2, 0.25) is 0 Å². The number of aryl methyl sites for hydroxylation is 1. The minimum atomic E-state index is 0.416. The summed E-state index contributed by atoms with van der Waals surface area (Å²) in [6.07, 6.45) is 3.73. The van der Waals surface area contributed by atoms with Crippen LogP contribution in [0.3, 0.4) is 0 Å². The van der Waals surface area contributed by atoms with Gasteiger partial charge in [-0.05, 0) is 37.0 Å². The molecule has 0 bridgehead atoms. The fourth-order valence-electron chi connectivity index (χ4n) is 3.48. The van der Waals surface area contributed by atoms with E-state index in [0.717, 1.165) is 11.0 Å². The molecule has 0 amide bonds. The molecular formula is C13H23N3S. The van der Waals surface area contributed by atoms with Crippen LogP contribution in [0.25, 0.3) is 0 Å². The summed E-state index contributed by atoms with van der Waals surface area (Å²) in [5, 5.41) is 4.53. The van der Waals surface area contributed by atoms with Crippen molar-refractivity contribution < 1.29 is 0 Å². The zero-order valence-electron chi connectivity index (χ0n) is 11.5. The fourth-order valence-corrected chi connectivity index (χ4v) is 4.13. The first-order chi connectivity index (χ1) is 7.76. The van der Waals surface area contributed by atoms with Gasteiger partial charge in [0, 0.05) is 17.6 Å². The second-order valence-corrected chi connectivity index (χ2v) is 7.65. The summed E-state index contributed by atoms with van der Waals surface area (Å²) in [5.41, 5.74) is 0.832. The number of aromatic nitrogens is 2. The Morgan fingerprint density at radius 1 is 1.18 bits per heavy atom. The molecule has 1 heterocycles. The quantitative estimate of drug-likeness (QED) is 0.869. The van der Waals surface area contributed by atoms with Crippen LogP contribution < -0.4 is 5.32 Å². The average Bonchev–Trinajstić information content (AvgIpc) is 2.44. The molecule has 0 unspecified atom stereocenters. The van der Waals surface area contributed by atoms with E-state index in [9.17, 15) is 0 Å². The van der Waals surface area contributed by atoms with Gasteiger partial charge in [-0.2, -0.15) is 4.37 Å². The summed E-state index contributed by atoms with van der Waals surface area (Å²) in [6.45, 7) is 11.4. The molecule has 4 heteroatoms. The number of nitrogens with one attached hydrogen (secondary N) is 1. The molecule has 96 valence electrons. The number of anilines is 1. The number of rotatable bonds is 2. The van der Waals surface area contributed by atoms with Crippen molar-refractivity contribution in [3.8, 4) is 0 Å². The molecule has 0 saturated heterocycles. The maximum atomic E-state index is 4.40. The van der Waals surface area contributed by atoms with Crippen molar-refractivity contribution in [1.82, 2.24) is 9.36 Å². The van der Waals surface area contributed by atoms with Gasteiger partial charge in [0.1, 0.15) is 5.82 Å². The van der Waals surface area contributed by atoms with Crippen LogP contribution in [0, 0.1) is 17.8 Å². The molecule has 3 nitrogen and oxygen atoms in total. The van der Waals surface area contributed by atoms with Crippen molar-refractivity contribution in [2.24, 2.45) is 10.8 Å². The Kier molecular flexibility index (Phi) is 3.19. The number of nitrogens with zero attached hydrogens (tertiary/aromatic N) is 2. The van der Waals surface area contributed by atoms with Gasteiger partial charge in [0.15, 0.2) is 0 Å². The lowest BCUT2D eigenvalue weighted by atomic mass is 9.63. The highest BCUT2D eigenvalue weighted by Gasteiger charge is 2.38. The van der Waals surface area contributed by atoms with Crippen molar-refractivity contribution in [2.45, 2.75) is 59.9 Å². The van der Waals surface area contributed by atoms with Crippen molar-refractivity contribution in [2.75, 3.05) is 5.32 Å². The Hall–Kier alpha value is -0.640. The van der Waals surface area contributed by atoms with E-state index in [2.05, 4.69) is 42.4 Å². The summed E-state index contributed by atoms with van der Waals surface area (Å²) >= 11 is 1.47. The molecule has 1 saturated carbocycles. The third kappa shape index (κ3) is 3.41. The van der Waals surface area contributed by atoms with Gasteiger partial charge < -0.3 is 5.32 Å². The van der Waals surface area contributed by atoms with Crippen molar-refractivity contribution in [3.63, 3.8) is 0 Å². The smallest absolute Gasteiger partial charge is 0.202 e. The summed E-state index contributed by atoms with van der Waals surface area (Å²) in [7, 11) is 0. The van der Waals surface area contributed by atoms with E-state index >= 15 is 0 Å². The standard InChI is InChI=1S/C13H23N3S/c1-9-14-11(17-16-9)15-10-6-12(2,3)8-13(4,5)7-10/h10H,6-8H2,1-5H3,(H,14,15,16). The Bertz CT molecular complexity index is 379. The van der Waals surface area contributed by atoms with Gasteiger partial charge in [-0.15, -0.1) is 0 Å². The van der Waals surface area contributed by atoms with E-state index in [1.54, 1.807) is 0 Å². The van der Waals surface area contributed by atoms with Crippen LogP contribution in [0.15, 0.2) is 0 Å². The molecule has 1 aliphatic carbocycles. The van der Waals surface area contributed by atoms with Gasteiger partial charge in [-0.1, -0.05) is 27.7 Å². The molecule has 1 aromatic rings. The zero-order chi connectivity index (χ0) is 12.7. The third-order valence-corrected chi connectivity index (χ3v) is 4.15. The second-order valence-electron chi connectivity index (χ2n) is 6.90. The SMILES string of the molecule is Cc1nsc(NC2CC(C)(C)CC(C)(C)C2)n1. The van der Waals surface area contributed by atoms with E-state index in [-0.39, 0.29) is 0 Å². The molecular weight excluding hydrogens is 230 g/mol. The first kappa shape index (κ1) is 12.8. The summed E-state index contributed by atoms with van der Waals surface area (Å²) in [6, 6.07) is 0.529. The van der Waals surface area contributed by atoms with E-state index in [4.69, 9.17) is 0 Å². The van der Waals surface area contributed by atoms with Gasteiger partial charge in [-0.25, -0.2) is 4.98 Å². The normalized spacial score (nSPS) is 23.6. The molecule has 1 aliphatic rings. The molecule has 0 aliphatic heterocycles. The second kappa shape index (κ2) is 4.23. The highest BCUT2D eigenvalue weighted by Crippen LogP contribution is 2.46. The average molecular weight is 253 g/mol. The van der Waals surface area contributed by atoms with Crippen molar-refractivity contribution in [3.05, 3.63) is 5.82 Å². The van der Waals surface area contributed by atoms with Crippen LogP contribution in [-0.2, 0) is 0 Å². The summed E-state index contributed by atoms with van der Waals surface area (Å²) < 4.78 is 4.22. The fraction of sp³-hybridized carbons (Fsp3) is 0.846. The largest absolute Gasteiger partial charge is 0.358 e. The Labute approximate surface area is 108 Å². The molecule has 0 atom stereocenters. The van der Waals surface area contributed by atoms with Gasteiger partial charge in [0.25, 0.3) is 0 Å². The maximum absolute atomic E-state index is 4.40. The number of hydrogen-bond donors (Lipinski definition) is 1. The van der Waals surface area contributed by atoms with Crippen molar-refractivity contribution in [1.29, 1.82) is 0 Å². The minimum absolute atomic E-state index is 0.416. The van der Waals surface area contributed by atoms with E-state index < -0.39 is 0 Å². The minimum Gasteiger partial charge on any atom is -0.358 e. The van der Waals surface area contributed by atoms with Crippen LogP contribution in [0.5, 0.6) is 0 Å². The molecule has 0 radical (unpaired) electrons. The van der Waals surface area contributed by atoms with Crippen molar-refractivity contribution >= 4 is 16.7 Å². The molecule has 1 N–H and O–H groups in total. The summed E-state index contributed by atoms with van der Waals surface area (Å²) in [4.78, 5) is 4.40. The number of hydrogen-bond acceptors (Lipinski definition) is 4. The van der Waals surface area contributed by atoms with Gasteiger partial charge in [-0.3, -0.25) is 0 Å². The lowest BCUT2D eigenvalue weighted by Crippen LogP contribution is -2.40. The van der Waals surface area contributed by atoms with Crippen LogP contribution in [-0.4, -0.2) is 15.4 Å². The highest BCUT2D eigenvalue weighted by molar-refractivity contribution is 7.09. The first-order valence-corrected chi connectivity index (χ1v) is 7.10. The van der Waals surface area contributed by atoms with E-state index in [0.29, 0.717) is 16.9 Å². The molecule has 1 aromatic heterocycles. The predicted octanol–water partition coefficient (Wildman–Crippen LogP) is 3.86. The van der Waals surface area contributed by atoms with Crippen LogP contribution in [0.1, 0.15) is 52.8 Å². The molecule has 17 heavy (non-hydrogen) atoms. The highest BCUT2D eigenvalue weighted by atomic mass is 32.1. The van der Waals surface area contributed by atoms with Crippen LogP contribution >= 0.6 is 11.5 Å². The summed E-state index contributed by atoms with van der Waals surface area (Å²) in [5.74, 6) is 0.867. The Balaban J connectivity index is 2.06. The molecule has 1 fully saturated rings. The predicted molar refractivity (Wildman–Crippen MR) is 73.5 cm³/mol. The monoisotopic (exact) mass is 253 g/mol. The van der Waals surface area contributed by atoms with Gasteiger partial charge >= 0.3 is 0 Å².